The third-order valence-corrected chi connectivity index (χ3v) is 2.13. The average Bonchev–Trinajstić information content (AvgIpc) is 2.26. The number of hydrogen-bond donors (Lipinski definition) is 3. The number of hydrogen-bond acceptors (Lipinski definition) is 8. The summed E-state index contributed by atoms with van der Waals surface area (Å²) in [5.74, 6) is 0.0942. The predicted octanol–water partition coefficient (Wildman–Crippen LogP) is -0.762. The monoisotopic (exact) mass is 256 g/mol. The van der Waals surface area contributed by atoms with E-state index < -0.39 is 11.4 Å². The van der Waals surface area contributed by atoms with Crippen molar-refractivity contribution in [2.24, 2.45) is 0 Å². The molecule has 1 atom stereocenters. The van der Waals surface area contributed by atoms with Gasteiger partial charge in [0.25, 0.3) is 0 Å². The van der Waals surface area contributed by atoms with E-state index >= 15 is 0 Å². The van der Waals surface area contributed by atoms with Crippen LogP contribution in [0.4, 0.5) is 11.8 Å². The highest BCUT2D eigenvalue weighted by Crippen LogP contribution is 2.14. The molecule has 0 spiro atoms. The molecule has 0 aliphatic rings. The molecule has 0 saturated heterocycles. The van der Waals surface area contributed by atoms with Crippen molar-refractivity contribution in [3.63, 3.8) is 0 Å². The summed E-state index contributed by atoms with van der Waals surface area (Å²) in [5, 5.41) is 0. The molecule has 90 valence electrons. The van der Waals surface area contributed by atoms with Crippen LogP contribution in [-0.4, -0.2) is 28.7 Å². The van der Waals surface area contributed by atoms with E-state index in [4.69, 9.17) is 16.0 Å². The van der Waals surface area contributed by atoms with Crippen molar-refractivity contribution >= 4 is 34.3 Å². The molecule has 0 aromatic carbocycles. The first kappa shape index (κ1) is 11.6. The van der Waals surface area contributed by atoms with Gasteiger partial charge in [0.15, 0.2) is 17.0 Å². The van der Waals surface area contributed by atoms with Crippen LogP contribution in [-0.2, 0) is 22.2 Å². The lowest BCUT2D eigenvalue weighted by molar-refractivity contribution is 0.293. The van der Waals surface area contributed by atoms with Crippen LogP contribution in [0, 0.1) is 0 Å². The smallest absolute Gasteiger partial charge is 0.302 e. The second-order valence-corrected chi connectivity index (χ2v) is 3.65. The second kappa shape index (κ2) is 4.53. The van der Waals surface area contributed by atoms with Gasteiger partial charge in [0.2, 0.25) is 5.95 Å². The second-order valence-electron chi connectivity index (χ2n) is 2.98. The SMILES string of the molecule is Nc1nc(N)c2nc(COS(=O)O)cnc2n1. The minimum Gasteiger partial charge on any atom is -0.382 e. The van der Waals surface area contributed by atoms with E-state index in [-0.39, 0.29) is 29.5 Å². The Balaban J connectivity index is 2.40. The minimum absolute atomic E-state index is 0.00441. The Bertz CT molecular complexity index is 591. The van der Waals surface area contributed by atoms with Crippen LogP contribution in [0.1, 0.15) is 5.69 Å². The van der Waals surface area contributed by atoms with Gasteiger partial charge in [-0.3, -0.25) is 8.74 Å². The Morgan fingerprint density at radius 3 is 2.82 bits per heavy atom. The summed E-state index contributed by atoms with van der Waals surface area (Å²) in [6, 6.07) is 0. The molecule has 2 rings (SSSR count). The molecular weight excluding hydrogens is 248 g/mol. The number of nitrogen functional groups attached to an aromatic ring is 2. The summed E-state index contributed by atoms with van der Waals surface area (Å²) in [6.07, 6.45) is 1.35. The summed E-state index contributed by atoms with van der Waals surface area (Å²) in [4.78, 5) is 15.6. The Morgan fingerprint density at radius 2 is 2.12 bits per heavy atom. The molecule has 0 aliphatic carbocycles. The molecule has 0 fully saturated rings. The molecule has 5 N–H and O–H groups in total. The number of rotatable bonds is 3. The summed E-state index contributed by atoms with van der Waals surface area (Å²) in [6.45, 7) is -0.171. The lowest BCUT2D eigenvalue weighted by Gasteiger charge is -2.03. The fraction of sp³-hybridized carbons (Fsp3) is 0.143. The van der Waals surface area contributed by atoms with Gasteiger partial charge >= 0.3 is 11.4 Å². The fourth-order valence-electron chi connectivity index (χ4n) is 1.16. The van der Waals surface area contributed by atoms with E-state index in [1.807, 2.05) is 0 Å². The average molecular weight is 256 g/mol. The molecule has 0 bridgehead atoms. The number of fused-ring (bicyclic) bond motifs is 1. The third-order valence-electron chi connectivity index (χ3n) is 1.81. The molecule has 0 amide bonds. The van der Waals surface area contributed by atoms with Crippen LogP contribution in [0.25, 0.3) is 11.2 Å². The highest BCUT2D eigenvalue weighted by atomic mass is 32.2. The van der Waals surface area contributed by atoms with E-state index in [1.54, 1.807) is 0 Å². The summed E-state index contributed by atoms with van der Waals surface area (Å²) < 4.78 is 23.2. The number of anilines is 2. The van der Waals surface area contributed by atoms with E-state index in [1.165, 1.54) is 6.20 Å². The first-order chi connectivity index (χ1) is 8.06. The highest BCUT2D eigenvalue weighted by Gasteiger charge is 2.08. The zero-order chi connectivity index (χ0) is 12.4. The molecular formula is C7H8N6O3S. The van der Waals surface area contributed by atoms with Crippen molar-refractivity contribution in [3.05, 3.63) is 11.9 Å². The van der Waals surface area contributed by atoms with Crippen LogP contribution in [0.2, 0.25) is 0 Å². The topological polar surface area (TPSA) is 150 Å². The van der Waals surface area contributed by atoms with Gasteiger partial charge in [-0.2, -0.15) is 14.2 Å². The normalized spacial score (nSPS) is 12.8. The Morgan fingerprint density at radius 1 is 1.35 bits per heavy atom. The van der Waals surface area contributed by atoms with Crippen LogP contribution < -0.4 is 11.5 Å². The quantitative estimate of drug-likeness (QED) is 0.601. The van der Waals surface area contributed by atoms with Crippen LogP contribution in [0.3, 0.4) is 0 Å². The van der Waals surface area contributed by atoms with Gasteiger partial charge in [0.1, 0.15) is 6.61 Å². The zero-order valence-corrected chi connectivity index (χ0v) is 9.22. The largest absolute Gasteiger partial charge is 0.382 e. The minimum atomic E-state index is -2.36. The first-order valence-electron chi connectivity index (χ1n) is 4.35. The van der Waals surface area contributed by atoms with Gasteiger partial charge in [0.05, 0.1) is 11.9 Å². The Labute approximate surface area is 97.7 Å². The molecule has 10 heteroatoms. The third kappa shape index (κ3) is 2.61. The maximum atomic E-state index is 10.3. The predicted molar refractivity (Wildman–Crippen MR) is 59.5 cm³/mol. The molecule has 17 heavy (non-hydrogen) atoms. The first-order valence-corrected chi connectivity index (χ1v) is 5.38. The zero-order valence-electron chi connectivity index (χ0n) is 8.40. The van der Waals surface area contributed by atoms with Crippen molar-refractivity contribution in [2.45, 2.75) is 6.61 Å². The van der Waals surface area contributed by atoms with E-state index in [9.17, 15) is 4.21 Å². The lowest BCUT2D eigenvalue weighted by atomic mass is 10.4. The van der Waals surface area contributed by atoms with Gasteiger partial charge in [-0.15, -0.1) is 0 Å². The Hall–Kier alpha value is -1.91. The molecule has 1 unspecified atom stereocenters. The van der Waals surface area contributed by atoms with E-state index in [2.05, 4.69) is 24.1 Å². The molecule has 2 aromatic rings. The van der Waals surface area contributed by atoms with Crippen molar-refractivity contribution in [1.82, 2.24) is 19.9 Å². The van der Waals surface area contributed by atoms with Crippen LogP contribution >= 0.6 is 0 Å². The highest BCUT2D eigenvalue weighted by molar-refractivity contribution is 7.74. The number of nitrogens with zero attached hydrogens (tertiary/aromatic N) is 4. The van der Waals surface area contributed by atoms with Crippen molar-refractivity contribution in [1.29, 1.82) is 0 Å². The summed E-state index contributed by atoms with van der Waals surface area (Å²) in [7, 11) is 0. The summed E-state index contributed by atoms with van der Waals surface area (Å²) in [5.41, 5.74) is 11.8. The maximum absolute atomic E-state index is 10.3. The fourth-order valence-corrected chi connectivity index (χ4v) is 1.38. The van der Waals surface area contributed by atoms with Gasteiger partial charge in [-0.05, 0) is 0 Å². The van der Waals surface area contributed by atoms with Gasteiger partial charge in [-0.1, -0.05) is 0 Å². The van der Waals surface area contributed by atoms with Gasteiger partial charge in [-0.25, -0.2) is 9.97 Å². The molecule has 0 saturated carbocycles. The lowest BCUT2D eigenvalue weighted by Crippen LogP contribution is -2.05. The van der Waals surface area contributed by atoms with E-state index in [0.29, 0.717) is 5.69 Å². The van der Waals surface area contributed by atoms with Crippen LogP contribution in [0.5, 0.6) is 0 Å². The van der Waals surface area contributed by atoms with E-state index in [0.717, 1.165) is 0 Å². The van der Waals surface area contributed by atoms with Crippen molar-refractivity contribution < 1.29 is 12.9 Å². The molecule has 2 aromatic heterocycles. The maximum Gasteiger partial charge on any atom is 0.302 e. The number of aromatic nitrogens is 4. The molecule has 0 aliphatic heterocycles. The number of nitrogens with two attached hydrogens (primary N) is 2. The Kier molecular flexibility index (Phi) is 3.08. The summed E-state index contributed by atoms with van der Waals surface area (Å²) >= 11 is -2.36. The van der Waals surface area contributed by atoms with Crippen molar-refractivity contribution in [3.8, 4) is 0 Å². The molecule has 2 heterocycles. The van der Waals surface area contributed by atoms with Crippen molar-refractivity contribution in [2.75, 3.05) is 11.5 Å². The van der Waals surface area contributed by atoms with Gasteiger partial charge < -0.3 is 11.5 Å². The van der Waals surface area contributed by atoms with Crippen LogP contribution in [0.15, 0.2) is 6.20 Å². The molecule has 9 nitrogen and oxygen atoms in total. The van der Waals surface area contributed by atoms with Gasteiger partial charge in [0, 0.05) is 0 Å². The molecule has 0 radical (unpaired) electrons. The standard InChI is InChI=1S/C7H8N6O3S/c8-5-4-6(13-7(9)12-5)10-1-3(11-4)2-16-17(14)15/h1H,2H2,(H,14,15)(H4,8,9,10,12,13).